The van der Waals surface area contributed by atoms with Gasteiger partial charge in [0.05, 0.1) is 6.04 Å². The lowest BCUT2D eigenvalue weighted by atomic mass is 9.64. The number of hydrogen-bond acceptors (Lipinski definition) is 2. The molecule has 0 amide bonds. The Hall–Kier alpha value is -1.22. The van der Waals surface area contributed by atoms with Crippen LogP contribution in [0.4, 0.5) is 0 Å². The molecule has 5 heteroatoms. The van der Waals surface area contributed by atoms with Crippen LogP contribution >= 0.6 is 34.8 Å². The predicted molar refractivity (Wildman–Crippen MR) is 119 cm³/mol. The highest BCUT2D eigenvalue weighted by Gasteiger charge is 2.57. The minimum Gasteiger partial charge on any atom is -0.364 e. The molecule has 2 unspecified atom stereocenters. The van der Waals surface area contributed by atoms with Gasteiger partial charge >= 0.3 is 0 Å². The van der Waals surface area contributed by atoms with Crippen LogP contribution in [0.3, 0.4) is 0 Å². The molecule has 0 aromatic heterocycles. The molecule has 150 valence electrons. The second kappa shape index (κ2) is 7.89. The average Bonchev–Trinajstić information content (AvgIpc) is 2.98. The summed E-state index contributed by atoms with van der Waals surface area (Å²) in [5.41, 5.74) is 3.30. The van der Waals surface area contributed by atoms with Crippen LogP contribution in [0.5, 0.6) is 0 Å². The largest absolute Gasteiger partial charge is 0.364 e. The van der Waals surface area contributed by atoms with E-state index in [9.17, 15) is 4.79 Å². The van der Waals surface area contributed by atoms with E-state index >= 15 is 0 Å². The van der Waals surface area contributed by atoms with Gasteiger partial charge in [0.1, 0.15) is 0 Å². The molecule has 2 aliphatic rings. The number of hydrogen-bond donors (Lipinski definition) is 0. The zero-order valence-electron chi connectivity index (χ0n) is 16.5. The lowest BCUT2D eigenvalue weighted by Gasteiger charge is -2.39. The summed E-state index contributed by atoms with van der Waals surface area (Å²) in [7, 11) is 0. The second-order valence-corrected chi connectivity index (χ2v) is 9.81. The van der Waals surface area contributed by atoms with Crippen LogP contribution in [-0.2, 0) is 3.79 Å². The van der Waals surface area contributed by atoms with E-state index in [1.807, 2.05) is 6.08 Å². The van der Waals surface area contributed by atoms with Crippen molar-refractivity contribution in [1.29, 1.82) is 0 Å². The van der Waals surface area contributed by atoms with Gasteiger partial charge in [-0.05, 0) is 31.4 Å². The van der Waals surface area contributed by atoms with Gasteiger partial charge in [0.2, 0.25) is 3.79 Å². The Morgan fingerprint density at radius 2 is 1.75 bits per heavy atom. The molecule has 1 aliphatic heterocycles. The van der Waals surface area contributed by atoms with E-state index < -0.39 is 3.79 Å². The van der Waals surface area contributed by atoms with Crippen molar-refractivity contribution < 1.29 is 4.79 Å². The number of carbonyl (C=O) groups is 1. The van der Waals surface area contributed by atoms with Gasteiger partial charge in [0.15, 0.2) is 5.78 Å². The van der Waals surface area contributed by atoms with Gasteiger partial charge in [0, 0.05) is 34.7 Å². The number of carbonyl (C=O) groups excluding carboxylic acids is 1. The Balaban J connectivity index is 2.07. The van der Waals surface area contributed by atoms with Crippen molar-refractivity contribution in [2.45, 2.75) is 43.4 Å². The van der Waals surface area contributed by atoms with Gasteiger partial charge < -0.3 is 4.90 Å². The first-order chi connectivity index (χ1) is 13.2. The molecule has 2 nitrogen and oxygen atoms in total. The van der Waals surface area contributed by atoms with Crippen molar-refractivity contribution in [3.05, 3.63) is 71.5 Å². The van der Waals surface area contributed by atoms with Crippen molar-refractivity contribution in [3.63, 3.8) is 0 Å². The molecule has 3 rings (SSSR count). The highest BCUT2D eigenvalue weighted by atomic mass is 35.6. The number of halogens is 3. The highest BCUT2D eigenvalue weighted by Crippen LogP contribution is 2.56. The maximum absolute atomic E-state index is 13.7. The lowest BCUT2D eigenvalue weighted by molar-refractivity contribution is 0.0697. The Labute approximate surface area is 182 Å². The van der Waals surface area contributed by atoms with Crippen LogP contribution in [0, 0.1) is 11.3 Å². The Bertz CT molecular complexity index is 828. The van der Waals surface area contributed by atoms with Crippen LogP contribution in [0.15, 0.2) is 60.3 Å². The maximum Gasteiger partial charge on any atom is 0.216 e. The number of likely N-dealkylation sites (tertiary alicyclic amines) is 1. The van der Waals surface area contributed by atoms with E-state index in [1.54, 1.807) is 24.3 Å². The molecule has 28 heavy (non-hydrogen) atoms. The average molecular weight is 439 g/mol. The second-order valence-electron chi connectivity index (χ2n) is 7.53. The topological polar surface area (TPSA) is 20.3 Å². The van der Waals surface area contributed by atoms with Crippen LogP contribution in [0.1, 0.15) is 49.5 Å². The quantitative estimate of drug-likeness (QED) is 0.371. The number of nitrogens with zero attached hydrogens (tertiary/aromatic N) is 1. The smallest absolute Gasteiger partial charge is 0.216 e. The van der Waals surface area contributed by atoms with Gasteiger partial charge in [0.25, 0.3) is 0 Å². The van der Waals surface area contributed by atoms with E-state index in [1.165, 1.54) is 5.70 Å². The summed E-state index contributed by atoms with van der Waals surface area (Å²) in [5, 5.41) is 0. The first kappa shape index (κ1) is 21.5. The molecule has 1 fully saturated rings. The van der Waals surface area contributed by atoms with Crippen molar-refractivity contribution in [3.8, 4) is 0 Å². The van der Waals surface area contributed by atoms with Gasteiger partial charge in [-0.1, -0.05) is 91.6 Å². The van der Waals surface area contributed by atoms with Crippen LogP contribution in [0.25, 0.3) is 0 Å². The third kappa shape index (κ3) is 3.34. The summed E-state index contributed by atoms with van der Waals surface area (Å²) in [6, 6.07) is 6.74. The summed E-state index contributed by atoms with van der Waals surface area (Å²) in [6.07, 6.45) is 8.05. The molecule has 1 aliphatic carbocycles. The molecular weight excluding hydrogens is 413 g/mol. The van der Waals surface area contributed by atoms with E-state index in [0.717, 1.165) is 25.0 Å². The number of benzene rings is 1. The molecule has 0 bridgehead atoms. The summed E-state index contributed by atoms with van der Waals surface area (Å²) >= 11 is 17.9. The standard InChI is InChI=1S/C23H26Cl3NO/c1-5-22(6-2)19-15(4)9-8-10-18(19)27(7-3)21(22)20(28)16-11-13-17(14-12-16)23(24,25)26/h8-14,19,21H,4-7H2,1-3H3. The molecule has 1 heterocycles. The number of alkyl halides is 3. The van der Waals surface area contributed by atoms with Crippen LogP contribution in [-0.4, -0.2) is 23.3 Å². The molecular formula is C23H26Cl3NO. The van der Waals surface area contributed by atoms with E-state index in [-0.39, 0.29) is 23.2 Å². The fourth-order valence-electron chi connectivity index (χ4n) is 4.99. The zero-order valence-corrected chi connectivity index (χ0v) is 18.8. The number of allylic oxidation sites excluding steroid dienone is 4. The fraction of sp³-hybridized carbons (Fsp3) is 0.435. The molecule has 1 saturated heterocycles. The summed E-state index contributed by atoms with van der Waals surface area (Å²) < 4.78 is -1.50. The van der Waals surface area contributed by atoms with Crippen molar-refractivity contribution in [2.24, 2.45) is 11.3 Å². The van der Waals surface area contributed by atoms with Gasteiger partial charge in [-0.3, -0.25) is 4.79 Å². The summed E-state index contributed by atoms with van der Waals surface area (Å²) in [6.45, 7) is 11.5. The number of likely N-dealkylation sites (N-methyl/N-ethyl adjacent to an activating group) is 1. The predicted octanol–water partition coefficient (Wildman–Crippen LogP) is 6.83. The van der Waals surface area contributed by atoms with Gasteiger partial charge in [-0.25, -0.2) is 0 Å². The number of ketones is 1. The first-order valence-electron chi connectivity index (χ1n) is 9.76. The van der Waals surface area contributed by atoms with Crippen LogP contribution < -0.4 is 0 Å². The molecule has 0 N–H and O–H groups in total. The molecule has 1 aromatic rings. The van der Waals surface area contributed by atoms with E-state index in [0.29, 0.717) is 11.1 Å². The van der Waals surface area contributed by atoms with Crippen molar-refractivity contribution in [1.82, 2.24) is 4.90 Å². The Morgan fingerprint density at radius 3 is 2.25 bits per heavy atom. The zero-order chi connectivity index (χ0) is 20.7. The van der Waals surface area contributed by atoms with Gasteiger partial charge in [-0.2, -0.15) is 0 Å². The van der Waals surface area contributed by atoms with Crippen LogP contribution in [0.2, 0.25) is 0 Å². The Kier molecular flexibility index (Phi) is 6.06. The highest BCUT2D eigenvalue weighted by molar-refractivity contribution is 6.66. The minimum atomic E-state index is -1.50. The molecule has 0 saturated carbocycles. The number of rotatable bonds is 5. The van der Waals surface area contributed by atoms with Crippen molar-refractivity contribution >= 4 is 40.6 Å². The summed E-state index contributed by atoms with van der Waals surface area (Å²) in [4.78, 5) is 16.0. The summed E-state index contributed by atoms with van der Waals surface area (Å²) in [5.74, 6) is 0.284. The number of fused-ring (bicyclic) bond motifs is 1. The van der Waals surface area contributed by atoms with Crippen molar-refractivity contribution in [2.75, 3.05) is 6.54 Å². The maximum atomic E-state index is 13.7. The fourth-order valence-corrected chi connectivity index (χ4v) is 5.37. The molecule has 0 spiro atoms. The molecule has 1 aromatic carbocycles. The number of Topliss-reactive ketones (excluding diaryl/α,β-unsaturated/α-hetero) is 1. The minimum absolute atomic E-state index is 0.115. The Morgan fingerprint density at radius 1 is 1.14 bits per heavy atom. The molecule has 2 atom stereocenters. The monoisotopic (exact) mass is 437 g/mol. The SMILES string of the molecule is C=C1C=CC=C2C1C(CC)(CC)C(C(=O)c1ccc(C(Cl)(Cl)Cl)cc1)N2CC. The van der Waals surface area contributed by atoms with Gasteiger partial charge in [-0.15, -0.1) is 0 Å². The van der Waals surface area contributed by atoms with E-state index in [4.69, 9.17) is 34.8 Å². The van der Waals surface area contributed by atoms with E-state index in [2.05, 4.69) is 44.4 Å². The first-order valence-corrected chi connectivity index (χ1v) is 10.9. The third-order valence-electron chi connectivity index (χ3n) is 6.41. The normalized spacial score (nSPS) is 23.6. The lowest BCUT2D eigenvalue weighted by Crippen LogP contribution is -2.46. The third-order valence-corrected chi connectivity index (χ3v) is 7.06. The molecule has 0 radical (unpaired) electrons.